The highest BCUT2D eigenvalue weighted by Crippen LogP contribution is 2.29. The molecule has 2 heterocycles. The zero-order valence-corrected chi connectivity index (χ0v) is 16.2. The Morgan fingerprint density at radius 2 is 2.14 bits per heavy atom. The van der Waals surface area contributed by atoms with Gasteiger partial charge < -0.3 is 20.7 Å². The van der Waals surface area contributed by atoms with Crippen molar-refractivity contribution in [3.8, 4) is 17.0 Å². The number of fused-ring (bicyclic) bond motifs is 1. The van der Waals surface area contributed by atoms with E-state index < -0.39 is 14.0 Å². The fourth-order valence-electron chi connectivity index (χ4n) is 3.13. The van der Waals surface area contributed by atoms with Gasteiger partial charge in [-0.25, -0.2) is 14.4 Å². The Morgan fingerprint density at radius 1 is 1.29 bits per heavy atom. The van der Waals surface area contributed by atoms with E-state index in [4.69, 9.17) is 10.5 Å². The maximum absolute atomic E-state index is 14.2. The predicted octanol–water partition coefficient (Wildman–Crippen LogP) is 3.06. The number of anilines is 2. The number of aromatic nitrogens is 2. The van der Waals surface area contributed by atoms with Crippen LogP contribution in [0.25, 0.3) is 11.3 Å². The van der Waals surface area contributed by atoms with Crippen molar-refractivity contribution in [3.63, 3.8) is 0 Å². The molecule has 0 fully saturated rings. The fourth-order valence-corrected chi connectivity index (χ4v) is 3.80. The van der Waals surface area contributed by atoms with Crippen LogP contribution in [0.3, 0.4) is 0 Å². The van der Waals surface area contributed by atoms with Crippen molar-refractivity contribution < 1.29 is 14.0 Å². The Labute approximate surface area is 163 Å². The molecule has 1 atom stereocenters. The number of nitrogens with zero attached hydrogens (tertiary/aromatic N) is 2. The van der Waals surface area contributed by atoms with Crippen LogP contribution in [-0.2, 0) is 13.0 Å². The number of hydrogen-bond donors (Lipinski definition) is 3. The first-order valence-corrected chi connectivity index (χ1v) is 10.6. The van der Waals surface area contributed by atoms with Crippen molar-refractivity contribution in [1.29, 1.82) is 0 Å². The highest BCUT2D eigenvalue weighted by molar-refractivity contribution is 7.59. The second-order valence-electron chi connectivity index (χ2n) is 6.57. The number of benzene rings is 2. The molecule has 0 aliphatic carbocycles. The van der Waals surface area contributed by atoms with E-state index in [2.05, 4.69) is 21.4 Å². The van der Waals surface area contributed by atoms with Crippen LogP contribution in [0.1, 0.15) is 11.1 Å². The van der Waals surface area contributed by atoms with Crippen LogP contribution in [0.4, 0.5) is 16.0 Å². The summed E-state index contributed by atoms with van der Waals surface area (Å²) in [7, 11) is -1.50. The van der Waals surface area contributed by atoms with Crippen LogP contribution >= 0.6 is 8.15 Å². The zero-order chi connectivity index (χ0) is 19.7. The van der Waals surface area contributed by atoms with Crippen molar-refractivity contribution in [2.75, 3.05) is 24.3 Å². The van der Waals surface area contributed by atoms with Gasteiger partial charge in [-0.15, -0.1) is 0 Å². The van der Waals surface area contributed by atoms with Crippen LogP contribution in [-0.4, -0.2) is 28.1 Å². The summed E-state index contributed by atoms with van der Waals surface area (Å²) < 4.78 is 19.7. The maximum Gasteiger partial charge on any atom is 0.169 e. The molecule has 0 bridgehead atoms. The summed E-state index contributed by atoms with van der Waals surface area (Å²) in [4.78, 5) is 18.3. The normalized spacial score (nSPS) is 13.7. The van der Waals surface area contributed by atoms with Crippen LogP contribution in [0.5, 0.6) is 5.75 Å². The number of rotatable bonds is 5. The lowest BCUT2D eigenvalue weighted by Gasteiger charge is -2.11. The Balaban J connectivity index is 1.55. The van der Waals surface area contributed by atoms with Gasteiger partial charge in [0.15, 0.2) is 11.6 Å². The van der Waals surface area contributed by atoms with Crippen molar-refractivity contribution in [2.45, 2.75) is 13.0 Å². The van der Waals surface area contributed by atoms with Crippen LogP contribution < -0.4 is 21.1 Å². The number of nitrogens with two attached hydrogens (primary N) is 1. The number of nitrogen functional groups attached to an aromatic ring is 1. The molecule has 0 saturated heterocycles. The molecule has 3 aromatic rings. The summed E-state index contributed by atoms with van der Waals surface area (Å²) >= 11 is 0. The Kier molecular flexibility index (Phi) is 5.11. The summed E-state index contributed by atoms with van der Waals surface area (Å²) in [6.07, 6.45) is 2.42. The van der Waals surface area contributed by atoms with Gasteiger partial charge in [0.2, 0.25) is 0 Å². The third-order valence-corrected chi connectivity index (χ3v) is 5.67. The molecular formula is C20H20FN4O2P. The van der Waals surface area contributed by atoms with Crippen molar-refractivity contribution in [1.82, 2.24) is 9.97 Å². The Hall–Kier alpha value is -2.76. The molecule has 4 rings (SSSR count). The molecule has 0 saturated carbocycles. The molecule has 1 aliphatic heterocycles. The summed E-state index contributed by atoms with van der Waals surface area (Å²) in [5, 5.41) is 3.51. The number of ether oxygens (including phenoxy) is 1. The Bertz CT molecular complexity index is 1030. The van der Waals surface area contributed by atoms with Gasteiger partial charge in [-0.2, -0.15) is 0 Å². The smallest absolute Gasteiger partial charge is 0.169 e. The first-order chi connectivity index (χ1) is 13.5. The molecule has 6 nitrogen and oxygen atoms in total. The van der Waals surface area contributed by atoms with E-state index in [1.54, 1.807) is 18.8 Å². The SMILES string of the molecule is CP(O)c1ccc(-c2cnc(N)c(NCc3ccc4c(c3)CCO4)n2)cc1F. The lowest BCUT2D eigenvalue weighted by atomic mass is 10.1. The molecule has 0 amide bonds. The number of nitrogens with one attached hydrogen (secondary N) is 1. The average molecular weight is 398 g/mol. The molecule has 8 heteroatoms. The Morgan fingerprint density at radius 3 is 2.93 bits per heavy atom. The lowest BCUT2D eigenvalue weighted by Crippen LogP contribution is -2.08. The molecule has 2 aromatic carbocycles. The molecule has 28 heavy (non-hydrogen) atoms. The third-order valence-electron chi connectivity index (χ3n) is 4.61. The summed E-state index contributed by atoms with van der Waals surface area (Å²) in [6, 6.07) is 10.7. The zero-order valence-electron chi connectivity index (χ0n) is 15.3. The standard InChI is InChI=1S/C20H20FN4O2P/c1-28(26)18-5-3-13(9-15(18)21)16-11-23-19(22)20(25-16)24-10-12-2-4-17-14(8-12)6-7-27-17/h2-5,8-9,11,26H,6-7,10H2,1H3,(H2,22,23)(H,24,25). The van der Waals surface area contributed by atoms with E-state index in [9.17, 15) is 9.28 Å². The first-order valence-electron chi connectivity index (χ1n) is 8.85. The minimum atomic E-state index is -1.50. The van der Waals surface area contributed by atoms with Gasteiger partial charge in [0, 0.05) is 23.8 Å². The molecular weight excluding hydrogens is 378 g/mol. The molecule has 144 valence electrons. The van der Waals surface area contributed by atoms with Crippen LogP contribution in [0, 0.1) is 5.82 Å². The maximum atomic E-state index is 14.2. The van der Waals surface area contributed by atoms with Crippen LogP contribution in [0.2, 0.25) is 0 Å². The van der Waals surface area contributed by atoms with Gasteiger partial charge in [-0.1, -0.05) is 18.2 Å². The van der Waals surface area contributed by atoms with Gasteiger partial charge in [0.05, 0.1) is 26.6 Å². The topological polar surface area (TPSA) is 93.3 Å². The average Bonchev–Trinajstić information content (AvgIpc) is 3.15. The van der Waals surface area contributed by atoms with Crippen molar-refractivity contribution in [2.24, 2.45) is 0 Å². The fraction of sp³-hybridized carbons (Fsp3) is 0.200. The van der Waals surface area contributed by atoms with Crippen LogP contribution in [0.15, 0.2) is 42.6 Å². The monoisotopic (exact) mass is 398 g/mol. The second kappa shape index (κ2) is 7.70. The van der Waals surface area contributed by atoms with Crippen molar-refractivity contribution >= 4 is 25.1 Å². The summed E-state index contributed by atoms with van der Waals surface area (Å²) in [5.74, 6) is 1.20. The van der Waals surface area contributed by atoms with Crippen molar-refractivity contribution in [3.05, 3.63) is 59.5 Å². The second-order valence-corrected chi connectivity index (χ2v) is 8.10. The number of halogens is 1. The quantitative estimate of drug-likeness (QED) is 0.572. The minimum absolute atomic E-state index is 0.276. The largest absolute Gasteiger partial charge is 0.493 e. The molecule has 0 radical (unpaired) electrons. The van der Waals surface area contributed by atoms with E-state index in [1.165, 1.54) is 17.8 Å². The summed E-state index contributed by atoms with van der Waals surface area (Å²) in [5.41, 5.74) is 9.32. The van der Waals surface area contributed by atoms with Gasteiger partial charge in [0.25, 0.3) is 0 Å². The minimum Gasteiger partial charge on any atom is -0.493 e. The lowest BCUT2D eigenvalue weighted by molar-refractivity contribution is 0.357. The molecule has 4 N–H and O–H groups in total. The molecule has 1 aliphatic rings. The van der Waals surface area contributed by atoms with Gasteiger partial charge >= 0.3 is 0 Å². The predicted molar refractivity (Wildman–Crippen MR) is 110 cm³/mol. The van der Waals surface area contributed by atoms with E-state index in [-0.39, 0.29) is 5.82 Å². The molecule has 1 unspecified atom stereocenters. The third kappa shape index (κ3) is 3.77. The van der Waals surface area contributed by atoms with E-state index in [0.29, 0.717) is 28.9 Å². The highest BCUT2D eigenvalue weighted by Gasteiger charge is 2.14. The van der Waals surface area contributed by atoms with E-state index in [0.717, 1.165) is 24.3 Å². The molecule has 0 spiro atoms. The highest BCUT2D eigenvalue weighted by atomic mass is 31.1. The van der Waals surface area contributed by atoms with Gasteiger partial charge in [-0.05, 0) is 36.0 Å². The van der Waals surface area contributed by atoms with Gasteiger partial charge in [0.1, 0.15) is 11.6 Å². The first kappa shape index (κ1) is 18.6. The molecule has 1 aromatic heterocycles. The number of hydrogen-bond acceptors (Lipinski definition) is 6. The van der Waals surface area contributed by atoms with E-state index in [1.807, 2.05) is 12.1 Å². The van der Waals surface area contributed by atoms with E-state index >= 15 is 0 Å². The van der Waals surface area contributed by atoms with Gasteiger partial charge in [-0.3, -0.25) is 0 Å². The summed E-state index contributed by atoms with van der Waals surface area (Å²) in [6.45, 7) is 2.84.